The van der Waals surface area contributed by atoms with Gasteiger partial charge in [0.1, 0.15) is 0 Å². The van der Waals surface area contributed by atoms with E-state index in [1.165, 1.54) is 15.4 Å². The summed E-state index contributed by atoms with van der Waals surface area (Å²) in [5.74, 6) is 0. The first-order valence-electron chi connectivity index (χ1n) is 5.20. The summed E-state index contributed by atoms with van der Waals surface area (Å²) >= 11 is 5.22. The van der Waals surface area contributed by atoms with E-state index in [0.717, 1.165) is 23.9 Å². The quantitative estimate of drug-likeness (QED) is 0.938. The van der Waals surface area contributed by atoms with E-state index < -0.39 is 0 Å². The predicted octanol–water partition coefficient (Wildman–Crippen LogP) is 3.46. The molecule has 0 atom stereocenters. The van der Waals surface area contributed by atoms with Crippen LogP contribution in [0.2, 0.25) is 0 Å². The van der Waals surface area contributed by atoms with Gasteiger partial charge in [-0.3, -0.25) is 0 Å². The Balaban J connectivity index is 2.18. The van der Waals surface area contributed by atoms with E-state index in [1.807, 2.05) is 18.3 Å². The first-order chi connectivity index (χ1) is 7.79. The summed E-state index contributed by atoms with van der Waals surface area (Å²) in [6, 6.07) is 8.28. The van der Waals surface area contributed by atoms with Crippen molar-refractivity contribution >= 4 is 27.3 Å². The fourth-order valence-electron chi connectivity index (χ4n) is 1.45. The van der Waals surface area contributed by atoms with Gasteiger partial charge >= 0.3 is 0 Å². The molecule has 2 nitrogen and oxygen atoms in total. The topological polar surface area (TPSA) is 38.9 Å². The van der Waals surface area contributed by atoms with Crippen LogP contribution in [0, 0.1) is 0 Å². The molecule has 2 N–H and O–H groups in total. The second kappa shape index (κ2) is 5.57. The number of nitrogens with zero attached hydrogens (tertiary/aromatic N) is 1. The van der Waals surface area contributed by atoms with E-state index in [0.29, 0.717) is 0 Å². The van der Waals surface area contributed by atoms with Crippen molar-refractivity contribution in [3.8, 4) is 10.4 Å². The minimum Gasteiger partial charge on any atom is -0.330 e. The molecule has 0 unspecified atom stereocenters. The molecule has 0 saturated heterocycles. The van der Waals surface area contributed by atoms with E-state index in [1.54, 1.807) is 11.3 Å². The molecule has 16 heavy (non-hydrogen) atoms. The minimum absolute atomic E-state index is 0.728. The number of thiazole rings is 1. The first kappa shape index (κ1) is 11.8. The number of aromatic nitrogens is 1. The average Bonchev–Trinajstić information content (AvgIpc) is 2.75. The largest absolute Gasteiger partial charge is 0.330 e. The number of nitrogens with two attached hydrogens (primary N) is 1. The van der Waals surface area contributed by atoms with Crippen LogP contribution in [0.25, 0.3) is 10.4 Å². The molecule has 0 saturated carbocycles. The van der Waals surface area contributed by atoms with Gasteiger partial charge in [0, 0.05) is 17.1 Å². The summed E-state index contributed by atoms with van der Waals surface area (Å²) in [7, 11) is 0. The third-order valence-corrected chi connectivity index (χ3v) is 3.86. The second-order valence-corrected chi connectivity index (χ2v) is 5.55. The molecule has 0 aliphatic rings. The number of halogens is 1. The van der Waals surface area contributed by atoms with Gasteiger partial charge in [0.25, 0.3) is 0 Å². The Kier molecular flexibility index (Phi) is 4.09. The number of benzene rings is 1. The van der Waals surface area contributed by atoms with E-state index >= 15 is 0 Å². The van der Waals surface area contributed by atoms with Gasteiger partial charge < -0.3 is 5.73 Å². The number of rotatable bonds is 4. The zero-order valence-corrected chi connectivity index (χ0v) is 11.2. The maximum absolute atomic E-state index is 5.48. The fourth-order valence-corrected chi connectivity index (χ4v) is 2.81. The Bertz CT molecular complexity index is 468. The van der Waals surface area contributed by atoms with Gasteiger partial charge in [-0.1, -0.05) is 28.1 Å². The zero-order valence-electron chi connectivity index (χ0n) is 8.82. The van der Waals surface area contributed by atoms with Crippen LogP contribution >= 0.6 is 27.3 Å². The molecule has 1 aromatic carbocycles. The highest BCUT2D eigenvalue weighted by molar-refractivity contribution is 9.10. The molecule has 0 spiro atoms. The molecule has 2 rings (SSSR count). The van der Waals surface area contributed by atoms with Crippen molar-refractivity contribution < 1.29 is 0 Å². The summed E-state index contributed by atoms with van der Waals surface area (Å²) in [5, 5.41) is 1.17. The molecule has 0 amide bonds. The molecule has 2 aromatic rings. The SMILES string of the molecule is NCCCc1ncc(-c2cccc(Br)c2)s1. The van der Waals surface area contributed by atoms with Crippen LogP contribution in [0.3, 0.4) is 0 Å². The third-order valence-electron chi connectivity index (χ3n) is 2.26. The van der Waals surface area contributed by atoms with Crippen molar-refractivity contribution in [1.29, 1.82) is 0 Å². The highest BCUT2D eigenvalue weighted by Gasteiger charge is 2.04. The number of aryl methyl sites for hydroxylation is 1. The maximum Gasteiger partial charge on any atom is 0.0931 e. The van der Waals surface area contributed by atoms with Gasteiger partial charge in [0.05, 0.1) is 9.88 Å². The van der Waals surface area contributed by atoms with Crippen LogP contribution in [-0.2, 0) is 6.42 Å². The van der Waals surface area contributed by atoms with Crippen molar-refractivity contribution in [2.24, 2.45) is 5.73 Å². The number of hydrogen-bond donors (Lipinski definition) is 1. The standard InChI is InChI=1S/C12H13BrN2S/c13-10-4-1-3-9(7-10)11-8-15-12(16-11)5-2-6-14/h1,3-4,7-8H,2,5-6,14H2. The van der Waals surface area contributed by atoms with Crippen molar-refractivity contribution in [2.45, 2.75) is 12.8 Å². The summed E-state index contributed by atoms with van der Waals surface area (Å²) in [4.78, 5) is 5.62. The predicted molar refractivity (Wildman–Crippen MR) is 72.6 cm³/mol. The monoisotopic (exact) mass is 296 g/mol. The summed E-state index contributed by atoms with van der Waals surface area (Å²) < 4.78 is 1.10. The normalized spacial score (nSPS) is 10.6. The van der Waals surface area contributed by atoms with Crippen LogP contribution in [0.5, 0.6) is 0 Å². The summed E-state index contributed by atoms with van der Waals surface area (Å²) in [6.07, 6.45) is 3.93. The molecule has 0 aliphatic carbocycles. The Hall–Kier alpha value is -0.710. The molecule has 0 fully saturated rings. The maximum atomic E-state index is 5.48. The molecular weight excluding hydrogens is 284 g/mol. The lowest BCUT2D eigenvalue weighted by atomic mass is 10.2. The molecule has 1 heterocycles. The lowest BCUT2D eigenvalue weighted by Gasteiger charge is -1.96. The fraction of sp³-hybridized carbons (Fsp3) is 0.250. The van der Waals surface area contributed by atoms with E-state index in [2.05, 4.69) is 33.0 Å². The Labute approximate surface area is 108 Å². The van der Waals surface area contributed by atoms with Crippen LogP contribution in [0.4, 0.5) is 0 Å². The highest BCUT2D eigenvalue weighted by atomic mass is 79.9. The first-order valence-corrected chi connectivity index (χ1v) is 6.81. The van der Waals surface area contributed by atoms with Crippen LogP contribution in [0.15, 0.2) is 34.9 Å². The van der Waals surface area contributed by atoms with E-state index in [4.69, 9.17) is 5.73 Å². The van der Waals surface area contributed by atoms with Crippen molar-refractivity contribution in [2.75, 3.05) is 6.54 Å². The Morgan fingerprint density at radius 2 is 2.25 bits per heavy atom. The molecule has 0 bridgehead atoms. The lowest BCUT2D eigenvalue weighted by Crippen LogP contribution is -1.99. The molecule has 4 heteroatoms. The van der Waals surface area contributed by atoms with Gasteiger partial charge in [0.2, 0.25) is 0 Å². The summed E-state index contributed by atoms with van der Waals surface area (Å²) in [5.41, 5.74) is 6.70. The minimum atomic E-state index is 0.728. The lowest BCUT2D eigenvalue weighted by molar-refractivity contribution is 0.826. The van der Waals surface area contributed by atoms with Crippen LogP contribution < -0.4 is 5.73 Å². The van der Waals surface area contributed by atoms with Gasteiger partial charge in [-0.2, -0.15) is 0 Å². The molecular formula is C12H13BrN2S. The Morgan fingerprint density at radius 3 is 3.00 bits per heavy atom. The molecule has 1 aromatic heterocycles. The summed E-state index contributed by atoms with van der Waals surface area (Å²) in [6.45, 7) is 0.728. The molecule has 84 valence electrons. The molecule has 0 radical (unpaired) electrons. The third kappa shape index (κ3) is 2.90. The Morgan fingerprint density at radius 1 is 1.38 bits per heavy atom. The smallest absolute Gasteiger partial charge is 0.0931 e. The average molecular weight is 297 g/mol. The molecule has 0 aliphatic heterocycles. The van der Waals surface area contributed by atoms with Crippen LogP contribution in [-0.4, -0.2) is 11.5 Å². The van der Waals surface area contributed by atoms with Gasteiger partial charge in [-0.05, 0) is 30.7 Å². The van der Waals surface area contributed by atoms with Crippen molar-refractivity contribution in [3.05, 3.63) is 39.9 Å². The van der Waals surface area contributed by atoms with Crippen molar-refractivity contribution in [3.63, 3.8) is 0 Å². The van der Waals surface area contributed by atoms with Crippen molar-refractivity contribution in [1.82, 2.24) is 4.98 Å². The second-order valence-electron chi connectivity index (χ2n) is 3.52. The van der Waals surface area contributed by atoms with E-state index in [9.17, 15) is 0 Å². The van der Waals surface area contributed by atoms with Gasteiger partial charge in [-0.25, -0.2) is 4.98 Å². The van der Waals surface area contributed by atoms with Gasteiger partial charge in [0.15, 0.2) is 0 Å². The zero-order chi connectivity index (χ0) is 11.4. The highest BCUT2D eigenvalue weighted by Crippen LogP contribution is 2.28. The van der Waals surface area contributed by atoms with E-state index in [-0.39, 0.29) is 0 Å². The van der Waals surface area contributed by atoms with Crippen LogP contribution in [0.1, 0.15) is 11.4 Å². The number of hydrogen-bond acceptors (Lipinski definition) is 3. The van der Waals surface area contributed by atoms with Gasteiger partial charge in [-0.15, -0.1) is 11.3 Å².